The Labute approximate surface area is 321 Å². The highest BCUT2D eigenvalue weighted by molar-refractivity contribution is 6.29. The molecule has 8 N–H and O–H groups in total. The van der Waals surface area contributed by atoms with Gasteiger partial charge in [0.1, 0.15) is 46.0 Å². The van der Waals surface area contributed by atoms with E-state index in [0.717, 1.165) is 44.9 Å². The molecule has 2 aromatic heterocycles. The van der Waals surface area contributed by atoms with E-state index in [9.17, 15) is 40.9 Å². The van der Waals surface area contributed by atoms with Crippen LogP contribution in [0, 0.1) is 0 Å². The van der Waals surface area contributed by atoms with Crippen LogP contribution >= 0.6 is 0 Å². The van der Waals surface area contributed by atoms with Crippen molar-refractivity contribution in [2.24, 2.45) is 0 Å². The lowest BCUT2D eigenvalue weighted by molar-refractivity contribution is -0.834. The highest BCUT2D eigenvalue weighted by atomic mass is 16.3. The molecule has 57 heavy (non-hydrogen) atoms. The molecule has 0 atom stereocenters. The zero-order chi connectivity index (χ0) is 38.8. The molecule has 0 saturated heterocycles. The van der Waals surface area contributed by atoms with Gasteiger partial charge in [-0.05, 0) is 95.1 Å². The van der Waals surface area contributed by atoms with E-state index in [1.807, 2.05) is 48.6 Å². The van der Waals surface area contributed by atoms with E-state index in [1.165, 1.54) is 24.3 Å². The maximum Gasteiger partial charge on any atom is 0.553 e. The summed E-state index contributed by atoms with van der Waals surface area (Å²) in [7, 11) is 0. The molecule has 12 nitrogen and oxygen atoms in total. The summed E-state index contributed by atoms with van der Waals surface area (Å²) in [5, 5.41) is 88.0. The Morgan fingerprint density at radius 3 is 1.00 bits per heavy atom. The minimum absolute atomic E-state index is 0.130. The van der Waals surface area contributed by atoms with Crippen LogP contribution in [0.3, 0.4) is 0 Å². The van der Waals surface area contributed by atoms with Gasteiger partial charge in [-0.1, -0.05) is 9.15 Å². The van der Waals surface area contributed by atoms with Gasteiger partial charge >= 0.3 is 5.91 Å². The first kappa shape index (κ1) is 31.3. The normalized spacial score (nSPS) is 17.3. The molecule has 1 spiro atoms. The van der Waals surface area contributed by atoms with Gasteiger partial charge in [0.25, 0.3) is 0 Å². The number of aromatic hydroxyl groups is 8. The van der Waals surface area contributed by atoms with E-state index < -0.39 is 5.91 Å². The number of nitrogens with zero attached hydrogens (tertiary/aromatic N) is 4. The van der Waals surface area contributed by atoms with Crippen LogP contribution in [0.1, 0.15) is 33.6 Å². The third-order valence-electron chi connectivity index (χ3n) is 11.5. The lowest BCUT2D eigenvalue weighted by Crippen LogP contribution is -2.71. The van der Waals surface area contributed by atoms with Crippen molar-refractivity contribution < 1.29 is 50.0 Å². The van der Waals surface area contributed by atoms with Crippen LogP contribution in [0.25, 0.3) is 22.3 Å². The number of benzene rings is 4. The van der Waals surface area contributed by atoms with Crippen molar-refractivity contribution in [3.05, 3.63) is 177 Å². The number of hydrogen-bond acceptors (Lipinski definition) is 8. The summed E-state index contributed by atoms with van der Waals surface area (Å²) < 4.78 is 8.70. The molecule has 8 heterocycles. The standard InChI is InChI=1S/C45H26N4O8/c50-25-9-21(10-26(51)17-25)41-33-1-2-34-42(22-11-27(52)18-28(53)12-22)36-5-6-38-44(24-15-31(56)20-32(57)16-24)40-8-7-39-43(23-13-29(54)19-30(55)14-23)37-4-3-35(41)47(37)45(46(33)34,48(36)38)49(39)40/h1-20H,(H6-2,50,51,52,53,54,55,56,57)/p+2. The first-order chi connectivity index (χ1) is 27.5. The number of hydrogen-bond donors (Lipinski definition) is 8. The van der Waals surface area contributed by atoms with E-state index in [-0.39, 0.29) is 46.0 Å². The fourth-order valence-electron chi connectivity index (χ4n) is 9.87. The van der Waals surface area contributed by atoms with Gasteiger partial charge < -0.3 is 40.9 Å². The Morgan fingerprint density at radius 1 is 0.351 bits per heavy atom. The molecular formula is C45H28N4O8+2. The van der Waals surface area contributed by atoms with Crippen molar-refractivity contribution in [2.45, 2.75) is 5.91 Å². The predicted octanol–water partition coefficient (Wildman–Crippen LogP) is 4.07. The van der Waals surface area contributed by atoms with Gasteiger partial charge in [0.05, 0.1) is 44.4 Å². The minimum Gasteiger partial charge on any atom is -0.508 e. The van der Waals surface area contributed by atoms with Gasteiger partial charge in [0, 0.05) is 48.6 Å². The Morgan fingerprint density at radius 2 is 0.667 bits per heavy atom. The average Bonchev–Trinajstić information content (AvgIpc) is 3.95. The highest BCUT2D eigenvalue weighted by Crippen LogP contribution is 2.54. The van der Waals surface area contributed by atoms with Crippen molar-refractivity contribution in [3.63, 3.8) is 0 Å². The van der Waals surface area contributed by atoms with Gasteiger partial charge in [-0.2, -0.15) is 9.13 Å². The SMILES string of the molecule is Oc1cc(O)cc(C2=C3C=CC4=[N+]3C35n6c2ccc6C(c2cc(O)cc(O)c2)=C2C=CC(=[N+]23)C(c2cc(O)cc(O)c2)=c2ccc(n25)=C4c2cc(O)cc(O)c2)c1. The number of phenols is 8. The van der Waals surface area contributed by atoms with Crippen LogP contribution in [-0.2, 0) is 5.91 Å². The van der Waals surface area contributed by atoms with Gasteiger partial charge in [-0.25, -0.2) is 0 Å². The highest BCUT2D eigenvalue weighted by Gasteiger charge is 2.73. The molecule has 0 saturated carbocycles. The minimum atomic E-state index is -1.29. The zero-order valence-electron chi connectivity index (χ0n) is 29.4. The summed E-state index contributed by atoms with van der Waals surface area (Å²) in [6.45, 7) is 0. The van der Waals surface area contributed by atoms with Crippen LogP contribution < -0.4 is 10.7 Å². The topological polar surface area (TPSA) is 178 Å². The first-order valence-corrected chi connectivity index (χ1v) is 18.0. The lowest BCUT2D eigenvalue weighted by atomic mass is 9.92. The van der Waals surface area contributed by atoms with E-state index in [0.29, 0.717) is 44.5 Å². The monoisotopic (exact) mass is 752 g/mol. The fourth-order valence-corrected chi connectivity index (χ4v) is 9.87. The quantitative estimate of drug-likeness (QED) is 0.124. The summed E-state index contributed by atoms with van der Waals surface area (Å²) in [4.78, 5) is 0. The molecule has 274 valence electrons. The molecule has 4 aromatic carbocycles. The van der Waals surface area contributed by atoms with Crippen molar-refractivity contribution in [1.82, 2.24) is 9.13 Å². The molecule has 12 heteroatoms. The molecule has 0 radical (unpaired) electrons. The largest absolute Gasteiger partial charge is 0.553 e. The van der Waals surface area contributed by atoms with Crippen molar-refractivity contribution in [2.75, 3.05) is 0 Å². The molecule has 0 bridgehead atoms. The van der Waals surface area contributed by atoms with E-state index in [2.05, 4.69) is 18.3 Å². The van der Waals surface area contributed by atoms with Crippen molar-refractivity contribution in [3.8, 4) is 46.0 Å². The second kappa shape index (κ2) is 10.1. The molecule has 0 aliphatic carbocycles. The molecule has 0 unspecified atom stereocenters. The molecule has 12 rings (SSSR count). The molecular weight excluding hydrogens is 725 g/mol. The number of aromatic nitrogens is 2. The predicted molar refractivity (Wildman–Crippen MR) is 206 cm³/mol. The lowest BCUT2D eigenvalue weighted by Gasteiger charge is -2.41. The Hall–Kier alpha value is -8.12. The van der Waals surface area contributed by atoms with Crippen LogP contribution in [0.5, 0.6) is 46.0 Å². The van der Waals surface area contributed by atoms with E-state index in [4.69, 9.17) is 0 Å². The second-order valence-electron chi connectivity index (χ2n) is 14.8. The van der Waals surface area contributed by atoms with E-state index >= 15 is 0 Å². The van der Waals surface area contributed by atoms with E-state index in [1.54, 1.807) is 48.5 Å². The van der Waals surface area contributed by atoms with Crippen LogP contribution in [0.4, 0.5) is 0 Å². The van der Waals surface area contributed by atoms with Gasteiger partial charge in [0.2, 0.25) is 22.8 Å². The molecule has 6 aliphatic heterocycles. The maximum absolute atomic E-state index is 10.8. The number of allylic oxidation sites excluding steroid dienone is 4. The molecule has 6 aromatic rings. The molecule has 0 amide bonds. The Kier molecular flexibility index (Phi) is 5.56. The summed E-state index contributed by atoms with van der Waals surface area (Å²) in [6.07, 6.45) is 7.92. The van der Waals surface area contributed by atoms with Crippen molar-refractivity contribution >= 4 is 33.7 Å². The van der Waals surface area contributed by atoms with Crippen LogP contribution in [0.2, 0.25) is 0 Å². The second-order valence-corrected chi connectivity index (χ2v) is 14.8. The third-order valence-corrected chi connectivity index (χ3v) is 11.5. The fraction of sp³-hybridized carbons (Fsp3) is 0.0222. The summed E-state index contributed by atoms with van der Waals surface area (Å²) in [6, 6.07) is 25.7. The number of rotatable bonds is 4. The average molecular weight is 753 g/mol. The molecule has 6 aliphatic rings. The summed E-state index contributed by atoms with van der Waals surface area (Å²) >= 11 is 0. The van der Waals surface area contributed by atoms with Crippen molar-refractivity contribution in [1.29, 1.82) is 0 Å². The Balaban J connectivity index is 1.34. The Bertz CT molecular complexity index is 3040. The van der Waals surface area contributed by atoms with Gasteiger partial charge in [-0.3, -0.25) is 0 Å². The first-order valence-electron chi connectivity index (χ1n) is 18.0. The maximum atomic E-state index is 10.8. The summed E-state index contributed by atoms with van der Waals surface area (Å²) in [5.74, 6) is -2.33. The third kappa shape index (κ3) is 3.75. The summed E-state index contributed by atoms with van der Waals surface area (Å²) in [5.41, 5.74) is 9.21. The smallest absolute Gasteiger partial charge is 0.508 e. The van der Waals surface area contributed by atoms with Gasteiger partial charge in [-0.15, -0.1) is 0 Å². The number of phenolic OH excluding ortho intramolecular Hbond substituents is 8. The zero-order valence-corrected chi connectivity index (χ0v) is 29.4. The van der Waals surface area contributed by atoms with Crippen LogP contribution in [0.15, 0.2) is 133 Å². The van der Waals surface area contributed by atoms with Gasteiger partial charge in [0.15, 0.2) is 0 Å². The van der Waals surface area contributed by atoms with Crippen LogP contribution in [-0.4, -0.2) is 70.6 Å². The molecule has 0 fully saturated rings.